The predicted molar refractivity (Wildman–Crippen MR) is 111 cm³/mol. The van der Waals surface area contributed by atoms with Crippen molar-refractivity contribution < 1.29 is 41.0 Å². The highest BCUT2D eigenvalue weighted by molar-refractivity contribution is 7.89. The smallest absolute Gasteiger partial charge is 0.505 e. The number of halogens is 3. The van der Waals surface area contributed by atoms with Gasteiger partial charge >= 0.3 is 6.36 Å². The Morgan fingerprint density at radius 3 is 2.42 bits per heavy atom. The second-order valence-corrected chi connectivity index (χ2v) is 9.18. The number of allylic oxidation sites excluding steroid dienone is 1. The number of rotatable bonds is 6. The van der Waals surface area contributed by atoms with Gasteiger partial charge in [-0.1, -0.05) is 32.0 Å². The molecule has 8 nitrogen and oxygen atoms in total. The van der Waals surface area contributed by atoms with E-state index in [0.29, 0.717) is 4.31 Å². The van der Waals surface area contributed by atoms with Crippen LogP contribution >= 0.6 is 0 Å². The average molecular weight is 484 g/mol. The first-order valence-electron chi connectivity index (χ1n) is 9.56. The Hall–Kier alpha value is -3.54. The van der Waals surface area contributed by atoms with Crippen LogP contribution in [0.2, 0.25) is 0 Å². The van der Waals surface area contributed by atoms with Crippen molar-refractivity contribution in [1.82, 2.24) is 4.31 Å². The van der Waals surface area contributed by atoms with Crippen molar-refractivity contribution in [2.45, 2.75) is 25.1 Å². The third-order valence-corrected chi connectivity index (χ3v) is 6.38. The van der Waals surface area contributed by atoms with Gasteiger partial charge in [-0.05, 0) is 24.3 Å². The number of nitrogens with zero attached hydrogens (tertiary/aromatic N) is 1. The minimum atomic E-state index is -4.94. The molecule has 0 aliphatic carbocycles. The Bertz CT molecular complexity index is 1240. The molecule has 176 valence electrons. The average Bonchev–Trinajstić information content (AvgIpc) is 2.71. The topological polar surface area (TPSA) is 113 Å². The number of hydrogen-bond donors (Lipinski definition) is 2. The summed E-state index contributed by atoms with van der Waals surface area (Å²) in [6, 6.07) is 9.86. The molecule has 0 bridgehead atoms. The lowest BCUT2D eigenvalue weighted by molar-refractivity contribution is -0.274. The van der Waals surface area contributed by atoms with Crippen LogP contribution < -0.4 is 10.1 Å². The first-order valence-corrected chi connectivity index (χ1v) is 11.0. The summed E-state index contributed by atoms with van der Waals surface area (Å²) in [6.07, 6.45) is -4.94. The molecule has 12 heteroatoms. The van der Waals surface area contributed by atoms with E-state index in [2.05, 4.69) is 10.1 Å². The van der Waals surface area contributed by atoms with Crippen LogP contribution in [-0.4, -0.2) is 42.4 Å². The number of amides is 1. The Morgan fingerprint density at radius 1 is 1.12 bits per heavy atom. The number of aliphatic hydroxyl groups excluding tert-OH is 1. The van der Waals surface area contributed by atoms with Crippen LogP contribution in [0.1, 0.15) is 19.4 Å². The van der Waals surface area contributed by atoms with Crippen LogP contribution in [0.25, 0.3) is 5.76 Å². The number of alkyl halides is 3. The maximum absolute atomic E-state index is 13.2. The van der Waals surface area contributed by atoms with Gasteiger partial charge in [0.05, 0.1) is 4.90 Å². The normalized spacial score (nSPS) is 15.3. The molecule has 0 fully saturated rings. The number of ether oxygens (including phenoxy) is 1. The highest BCUT2D eigenvalue weighted by Gasteiger charge is 2.41. The second-order valence-electron chi connectivity index (χ2n) is 7.35. The van der Waals surface area contributed by atoms with E-state index in [1.165, 1.54) is 50.2 Å². The van der Waals surface area contributed by atoms with Crippen molar-refractivity contribution in [2.75, 3.05) is 11.9 Å². The quantitative estimate of drug-likeness (QED) is 0.647. The van der Waals surface area contributed by atoms with Gasteiger partial charge in [-0.15, -0.1) is 13.2 Å². The minimum absolute atomic E-state index is 0.0739. The number of aliphatic hydroxyl groups is 1. The number of benzene rings is 2. The third kappa shape index (κ3) is 5.11. The lowest BCUT2D eigenvalue weighted by atomic mass is 10.0. The molecule has 2 aromatic carbocycles. The lowest BCUT2D eigenvalue weighted by Crippen LogP contribution is -2.43. The summed E-state index contributed by atoms with van der Waals surface area (Å²) in [4.78, 5) is 25.1. The molecule has 0 unspecified atom stereocenters. The summed E-state index contributed by atoms with van der Waals surface area (Å²) in [5, 5.41) is 13.0. The van der Waals surface area contributed by atoms with Crippen LogP contribution in [0.4, 0.5) is 18.9 Å². The van der Waals surface area contributed by atoms with Crippen molar-refractivity contribution in [1.29, 1.82) is 0 Å². The van der Waals surface area contributed by atoms with Gasteiger partial charge in [0, 0.05) is 23.2 Å². The summed E-state index contributed by atoms with van der Waals surface area (Å²) >= 11 is 0. The Balaban J connectivity index is 1.94. The van der Waals surface area contributed by atoms with Gasteiger partial charge in [0.15, 0.2) is 11.5 Å². The largest absolute Gasteiger partial charge is 0.573 e. The first kappa shape index (κ1) is 24.1. The molecule has 2 N–H and O–H groups in total. The number of Topliss-reactive ketones (excluding diaryl/α,β-unsaturated/α-hetero) is 1. The number of carbonyl (C=O) groups is 2. The van der Waals surface area contributed by atoms with E-state index in [1.807, 2.05) is 0 Å². The van der Waals surface area contributed by atoms with Crippen LogP contribution in [0.3, 0.4) is 0 Å². The Labute approximate surface area is 187 Å². The lowest BCUT2D eigenvalue weighted by Gasteiger charge is -2.31. The summed E-state index contributed by atoms with van der Waals surface area (Å²) in [7, 11) is -4.40. The number of sulfonamides is 1. The molecule has 2 aromatic rings. The molecular weight excluding hydrogens is 465 g/mol. The predicted octanol–water partition coefficient (Wildman–Crippen LogP) is 3.68. The van der Waals surface area contributed by atoms with E-state index < -0.39 is 57.7 Å². The van der Waals surface area contributed by atoms with Gasteiger partial charge in [0.2, 0.25) is 5.91 Å². The summed E-state index contributed by atoms with van der Waals surface area (Å²) in [5.41, 5.74) is -0.732. The summed E-state index contributed by atoms with van der Waals surface area (Å²) < 4.78 is 68.0. The number of nitrogens with one attached hydrogen (secondary N) is 1. The molecular formula is C21H19F3N2O6S. The molecule has 0 atom stereocenters. The molecule has 3 rings (SSSR count). The molecule has 0 saturated carbocycles. The van der Waals surface area contributed by atoms with Gasteiger partial charge in [0.1, 0.15) is 18.0 Å². The van der Waals surface area contributed by atoms with Crippen molar-refractivity contribution >= 4 is 33.2 Å². The molecule has 0 radical (unpaired) electrons. The van der Waals surface area contributed by atoms with E-state index >= 15 is 0 Å². The molecule has 0 spiro atoms. The molecule has 0 saturated heterocycles. The van der Waals surface area contributed by atoms with E-state index in [4.69, 9.17) is 0 Å². The van der Waals surface area contributed by atoms with Gasteiger partial charge in [-0.3, -0.25) is 9.59 Å². The highest BCUT2D eigenvalue weighted by atomic mass is 32.2. The number of ketones is 1. The van der Waals surface area contributed by atoms with Crippen molar-refractivity contribution in [3.63, 3.8) is 0 Å². The van der Waals surface area contributed by atoms with E-state index in [-0.39, 0.29) is 16.1 Å². The van der Waals surface area contributed by atoms with Crippen molar-refractivity contribution in [3.05, 3.63) is 59.8 Å². The van der Waals surface area contributed by atoms with E-state index in [1.54, 1.807) is 0 Å². The van der Waals surface area contributed by atoms with Crippen molar-refractivity contribution in [2.24, 2.45) is 5.92 Å². The van der Waals surface area contributed by atoms with Gasteiger partial charge < -0.3 is 15.2 Å². The Kier molecular flexibility index (Phi) is 6.41. The minimum Gasteiger partial charge on any atom is -0.505 e. The zero-order valence-electron chi connectivity index (χ0n) is 17.4. The van der Waals surface area contributed by atoms with Crippen LogP contribution in [0.15, 0.2) is 59.1 Å². The van der Waals surface area contributed by atoms with E-state index in [9.17, 15) is 36.3 Å². The molecule has 33 heavy (non-hydrogen) atoms. The van der Waals surface area contributed by atoms with E-state index in [0.717, 1.165) is 12.1 Å². The van der Waals surface area contributed by atoms with Crippen LogP contribution in [-0.2, 0) is 19.6 Å². The third-order valence-electron chi connectivity index (χ3n) is 4.58. The standard InChI is InChI=1S/C21H19F3N2O6S/c1-12(2)19(28)18-20(29)15-8-3-4-9-16(15)33(30,31)26(18)11-17(27)25-13-6-5-7-14(10-13)32-21(22,23)24/h3-10,12,29H,11H2,1-2H3,(H,25,27). The van der Waals surface area contributed by atoms with Crippen LogP contribution in [0.5, 0.6) is 5.75 Å². The zero-order valence-corrected chi connectivity index (χ0v) is 18.2. The first-order chi connectivity index (χ1) is 15.3. The van der Waals surface area contributed by atoms with Crippen LogP contribution in [0, 0.1) is 5.92 Å². The maximum Gasteiger partial charge on any atom is 0.573 e. The van der Waals surface area contributed by atoms with Crippen molar-refractivity contribution in [3.8, 4) is 5.75 Å². The summed E-state index contributed by atoms with van der Waals surface area (Å²) in [5.74, 6) is -3.55. The molecule has 1 heterocycles. The number of carbonyl (C=O) groups excluding carboxylic acids is 2. The molecule has 1 amide bonds. The number of anilines is 1. The highest BCUT2D eigenvalue weighted by Crippen LogP contribution is 2.36. The maximum atomic E-state index is 13.2. The second kappa shape index (κ2) is 8.77. The SMILES string of the molecule is CC(C)C(=O)C1=C(O)c2ccccc2S(=O)(=O)N1CC(=O)Nc1cccc(OC(F)(F)F)c1. The molecule has 1 aliphatic heterocycles. The molecule has 0 aromatic heterocycles. The van der Waals surface area contributed by atoms with Gasteiger partial charge in [-0.2, -0.15) is 0 Å². The number of fused-ring (bicyclic) bond motifs is 1. The monoisotopic (exact) mass is 484 g/mol. The fourth-order valence-corrected chi connectivity index (χ4v) is 4.79. The molecule has 1 aliphatic rings. The number of hydrogen-bond acceptors (Lipinski definition) is 6. The van der Waals surface area contributed by atoms with Gasteiger partial charge in [0.25, 0.3) is 10.0 Å². The summed E-state index contributed by atoms with van der Waals surface area (Å²) in [6.45, 7) is 2.10. The fraction of sp³-hybridized carbons (Fsp3) is 0.238. The Morgan fingerprint density at radius 2 is 1.79 bits per heavy atom. The zero-order chi connectivity index (χ0) is 24.6. The fourth-order valence-electron chi connectivity index (χ4n) is 3.15. The van der Waals surface area contributed by atoms with Gasteiger partial charge in [-0.25, -0.2) is 12.7 Å².